The van der Waals surface area contributed by atoms with Gasteiger partial charge in [-0.05, 0) is 18.4 Å². The Balaban J connectivity index is 2.05. The quantitative estimate of drug-likeness (QED) is 0.389. The maximum Gasteiger partial charge on any atom is 0.275 e. The van der Waals surface area contributed by atoms with Crippen molar-refractivity contribution in [2.24, 2.45) is 10.2 Å². The fourth-order valence-electron chi connectivity index (χ4n) is 2.44. The maximum atomic E-state index is 11.1. The highest BCUT2D eigenvalue weighted by molar-refractivity contribution is 5.95. The number of ether oxygens (including phenoxy) is 1. The normalized spacial score (nSPS) is 11.1. The van der Waals surface area contributed by atoms with E-state index in [0.29, 0.717) is 18.0 Å². The van der Waals surface area contributed by atoms with Crippen LogP contribution in [0.4, 0.5) is 17.1 Å². The number of nitro groups is 1. The minimum absolute atomic E-state index is 0.0158. The Labute approximate surface area is 143 Å². The number of phenolic OH excluding ortho intramolecular Hbond substituents is 1. The third-order valence-corrected chi connectivity index (χ3v) is 3.54. The van der Waals surface area contributed by atoms with Crippen molar-refractivity contribution in [1.29, 1.82) is 0 Å². The lowest BCUT2D eigenvalue weighted by Crippen LogP contribution is -1.93. The molecule has 3 aromatic rings. The average Bonchev–Trinajstić information content (AvgIpc) is 2.61. The van der Waals surface area contributed by atoms with Crippen LogP contribution in [0.3, 0.4) is 0 Å². The van der Waals surface area contributed by atoms with Gasteiger partial charge in [0.15, 0.2) is 0 Å². The lowest BCUT2D eigenvalue weighted by Gasteiger charge is -2.05. The van der Waals surface area contributed by atoms with Gasteiger partial charge in [-0.1, -0.05) is 30.3 Å². The molecule has 3 aromatic carbocycles. The van der Waals surface area contributed by atoms with Gasteiger partial charge in [0, 0.05) is 17.5 Å². The first-order valence-electron chi connectivity index (χ1n) is 7.63. The summed E-state index contributed by atoms with van der Waals surface area (Å²) in [5, 5.41) is 30.9. The van der Waals surface area contributed by atoms with Gasteiger partial charge in [-0.25, -0.2) is 0 Å². The monoisotopic (exact) mass is 337 g/mol. The topological polar surface area (TPSA) is 97.3 Å². The Morgan fingerprint density at radius 1 is 1.12 bits per heavy atom. The van der Waals surface area contributed by atoms with Crippen LogP contribution in [0.25, 0.3) is 10.8 Å². The summed E-state index contributed by atoms with van der Waals surface area (Å²) in [6, 6.07) is 14.9. The number of nitro benzene ring substituents is 1. The standard InChI is InChI=1S/C18H15N3O4/c1-2-25-15-10-13(9-14(11-15)21(23)24)19-20-18-16-6-4-3-5-12(16)7-8-17(18)22/h3-11,22H,2H2,1H3. The molecule has 0 aliphatic heterocycles. The number of azo groups is 1. The number of fused-ring (bicyclic) bond motifs is 1. The molecule has 0 amide bonds. The van der Waals surface area contributed by atoms with E-state index in [1.807, 2.05) is 24.3 Å². The van der Waals surface area contributed by atoms with E-state index in [9.17, 15) is 15.2 Å². The summed E-state index contributed by atoms with van der Waals surface area (Å²) >= 11 is 0. The Hall–Kier alpha value is -3.48. The number of hydrogen-bond donors (Lipinski definition) is 1. The Morgan fingerprint density at radius 2 is 1.92 bits per heavy atom. The molecule has 7 nitrogen and oxygen atoms in total. The fraction of sp³-hybridized carbons (Fsp3) is 0.111. The van der Waals surface area contributed by atoms with Crippen molar-refractivity contribution in [2.75, 3.05) is 6.61 Å². The lowest BCUT2D eigenvalue weighted by atomic mass is 10.1. The van der Waals surface area contributed by atoms with Crippen molar-refractivity contribution < 1.29 is 14.8 Å². The fourth-order valence-corrected chi connectivity index (χ4v) is 2.44. The zero-order valence-electron chi connectivity index (χ0n) is 13.4. The second-order valence-corrected chi connectivity index (χ2v) is 5.23. The molecule has 0 saturated heterocycles. The molecule has 0 fully saturated rings. The van der Waals surface area contributed by atoms with E-state index < -0.39 is 4.92 Å². The molecule has 0 aliphatic rings. The molecule has 0 atom stereocenters. The van der Waals surface area contributed by atoms with Gasteiger partial charge in [-0.15, -0.1) is 5.11 Å². The SMILES string of the molecule is CCOc1cc(N=Nc2c(O)ccc3ccccc23)cc([N+](=O)[O-])c1. The minimum atomic E-state index is -0.517. The second kappa shape index (κ2) is 6.96. The van der Waals surface area contributed by atoms with Crippen LogP contribution in [0, 0.1) is 10.1 Å². The van der Waals surface area contributed by atoms with Gasteiger partial charge in [0.1, 0.15) is 17.2 Å². The second-order valence-electron chi connectivity index (χ2n) is 5.23. The molecule has 7 heteroatoms. The molecule has 0 saturated carbocycles. The van der Waals surface area contributed by atoms with Crippen molar-refractivity contribution in [3.05, 3.63) is 64.7 Å². The molecular formula is C18H15N3O4. The third-order valence-electron chi connectivity index (χ3n) is 3.54. The van der Waals surface area contributed by atoms with Crippen molar-refractivity contribution in [3.8, 4) is 11.5 Å². The largest absolute Gasteiger partial charge is 0.506 e. The Kier molecular flexibility index (Phi) is 4.56. The van der Waals surface area contributed by atoms with Crippen LogP contribution in [-0.4, -0.2) is 16.6 Å². The molecule has 0 heterocycles. The van der Waals surface area contributed by atoms with Crippen molar-refractivity contribution >= 4 is 27.8 Å². The van der Waals surface area contributed by atoms with Crippen LogP contribution in [-0.2, 0) is 0 Å². The van der Waals surface area contributed by atoms with Gasteiger partial charge >= 0.3 is 0 Å². The summed E-state index contributed by atoms with van der Waals surface area (Å²) in [4.78, 5) is 10.5. The first-order valence-corrected chi connectivity index (χ1v) is 7.63. The minimum Gasteiger partial charge on any atom is -0.506 e. The van der Waals surface area contributed by atoms with Crippen LogP contribution < -0.4 is 4.74 Å². The van der Waals surface area contributed by atoms with Crippen LogP contribution in [0.1, 0.15) is 6.92 Å². The molecular weight excluding hydrogens is 322 g/mol. The molecule has 1 N–H and O–H groups in total. The first-order chi connectivity index (χ1) is 12.1. The zero-order chi connectivity index (χ0) is 17.8. The highest BCUT2D eigenvalue weighted by Crippen LogP contribution is 2.36. The zero-order valence-corrected chi connectivity index (χ0v) is 13.4. The molecule has 25 heavy (non-hydrogen) atoms. The number of nitrogens with zero attached hydrogens (tertiary/aromatic N) is 3. The summed E-state index contributed by atoms with van der Waals surface area (Å²) in [5.74, 6) is 0.325. The summed E-state index contributed by atoms with van der Waals surface area (Å²) in [6.45, 7) is 2.16. The smallest absolute Gasteiger partial charge is 0.275 e. The van der Waals surface area contributed by atoms with E-state index in [4.69, 9.17) is 4.74 Å². The summed E-state index contributed by atoms with van der Waals surface area (Å²) in [5.41, 5.74) is 0.439. The van der Waals surface area contributed by atoms with Gasteiger partial charge in [0.05, 0.1) is 23.3 Å². The third kappa shape index (κ3) is 3.55. The number of hydrogen-bond acceptors (Lipinski definition) is 6. The summed E-state index contributed by atoms with van der Waals surface area (Å²) in [6.07, 6.45) is 0. The molecule has 0 spiro atoms. The van der Waals surface area contributed by atoms with Gasteiger partial charge in [-0.3, -0.25) is 10.1 Å². The first kappa shape index (κ1) is 16.4. The number of phenols is 1. The number of aromatic hydroxyl groups is 1. The highest BCUT2D eigenvalue weighted by Gasteiger charge is 2.11. The van der Waals surface area contributed by atoms with Gasteiger partial charge in [-0.2, -0.15) is 5.11 Å². The van der Waals surface area contributed by atoms with E-state index in [0.717, 1.165) is 10.8 Å². The van der Waals surface area contributed by atoms with Crippen LogP contribution >= 0.6 is 0 Å². The van der Waals surface area contributed by atoms with Gasteiger partial charge < -0.3 is 9.84 Å². The van der Waals surface area contributed by atoms with E-state index >= 15 is 0 Å². The van der Waals surface area contributed by atoms with Crippen LogP contribution in [0.5, 0.6) is 11.5 Å². The van der Waals surface area contributed by atoms with E-state index in [1.165, 1.54) is 18.2 Å². The maximum absolute atomic E-state index is 11.1. The van der Waals surface area contributed by atoms with Gasteiger partial charge in [0.2, 0.25) is 0 Å². The highest BCUT2D eigenvalue weighted by atomic mass is 16.6. The number of rotatable bonds is 5. The van der Waals surface area contributed by atoms with Gasteiger partial charge in [0.25, 0.3) is 5.69 Å². The Bertz CT molecular complexity index is 970. The summed E-state index contributed by atoms with van der Waals surface area (Å²) in [7, 11) is 0. The molecule has 0 aliphatic carbocycles. The number of non-ortho nitro benzene ring substituents is 1. The van der Waals surface area contributed by atoms with Crippen LogP contribution in [0.15, 0.2) is 64.8 Å². The summed E-state index contributed by atoms with van der Waals surface area (Å²) < 4.78 is 5.33. The molecule has 0 radical (unpaired) electrons. The average molecular weight is 337 g/mol. The molecule has 126 valence electrons. The predicted molar refractivity (Wildman–Crippen MR) is 94.1 cm³/mol. The van der Waals surface area contributed by atoms with Crippen LogP contribution in [0.2, 0.25) is 0 Å². The number of benzene rings is 3. The van der Waals surface area contributed by atoms with E-state index in [1.54, 1.807) is 19.1 Å². The van der Waals surface area contributed by atoms with Crippen molar-refractivity contribution in [3.63, 3.8) is 0 Å². The molecule has 0 aromatic heterocycles. The Morgan fingerprint density at radius 3 is 2.68 bits per heavy atom. The van der Waals surface area contributed by atoms with Crippen molar-refractivity contribution in [2.45, 2.75) is 6.92 Å². The lowest BCUT2D eigenvalue weighted by molar-refractivity contribution is -0.384. The van der Waals surface area contributed by atoms with E-state index in [2.05, 4.69) is 10.2 Å². The molecule has 0 bridgehead atoms. The van der Waals surface area contributed by atoms with Crippen molar-refractivity contribution in [1.82, 2.24) is 0 Å². The predicted octanol–water partition coefficient (Wildman–Crippen LogP) is 5.27. The molecule has 0 unspecified atom stereocenters. The molecule has 3 rings (SSSR count). The van der Waals surface area contributed by atoms with E-state index in [-0.39, 0.29) is 17.1 Å².